The van der Waals surface area contributed by atoms with Gasteiger partial charge >= 0.3 is 0 Å². The van der Waals surface area contributed by atoms with Gasteiger partial charge in [-0.1, -0.05) is 171 Å². The molecule has 0 aliphatic heterocycles. The minimum absolute atomic E-state index is 0.611. The first kappa shape index (κ1) is 36.7. The van der Waals surface area contributed by atoms with Crippen molar-refractivity contribution in [3.8, 4) is 28.3 Å². The van der Waals surface area contributed by atoms with Crippen molar-refractivity contribution < 1.29 is 0 Å². The Bertz CT molecular complexity index is 3520. The van der Waals surface area contributed by atoms with Crippen molar-refractivity contribution in [2.24, 2.45) is 0 Å². The fourth-order valence-corrected chi connectivity index (χ4v) is 9.16. The molecule has 0 aliphatic carbocycles. The van der Waals surface area contributed by atoms with Crippen molar-refractivity contribution in [1.82, 2.24) is 14.5 Å². The molecular weight excluding hydrogens is 753 g/mol. The minimum atomic E-state index is 0.611. The lowest BCUT2D eigenvalue weighted by Crippen LogP contribution is -2.10. The van der Waals surface area contributed by atoms with E-state index < -0.39 is 0 Å². The molecule has 0 saturated heterocycles. The molecule has 0 amide bonds. The molecule has 0 saturated carbocycles. The molecule has 292 valence electrons. The highest BCUT2D eigenvalue weighted by Gasteiger charge is 2.23. The summed E-state index contributed by atoms with van der Waals surface area (Å²) in [5, 5.41) is 7.99. The van der Waals surface area contributed by atoms with Crippen LogP contribution in [0.25, 0.3) is 88.2 Å². The average Bonchev–Trinajstić information content (AvgIpc) is 3.67. The Balaban J connectivity index is 1.22. The van der Waals surface area contributed by atoms with Crippen LogP contribution in [0.2, 0.25) is 0 Å². The van der Waals surface area contributed by atoms with Crippen LogP contribution in [0.5, 0.6) is 0 Å². The lowest BCUT2D eigenvalue weighted by Gasteiger charge is -2.27. The van der Waals surface area contributed by atoms with Crippen LogP contribution in [-0.2, 0) is 0 Å². The molecule has 0 fully saturated rings. The first-order chi connectivity index (χ1) is 30.7. The van der Waals surface area contributed by atoms with Gasteiger partial charge in [0.2, 0.25) is 5.95 Å². The highest BCUT2D eigenvalue weighted by atomic mass is 15.2. The molecule has 4 nitrogen and oxygen atoms in total. The van der Waals surface area contributed by atoms with Crippen LogP contribution in [-0.4, -0.2) is 14.5 Å². The summed E-state index contributed by atoms with van der Waals surface area (Å²) in [7, 11) is 0. The zero-order valence-corrected chi connectivity index (χ0v) is 34.0. The normalized spacial score (nSPS) is 11.8. The number of nitrogens with zero attached hydrogens (tertiary/aromatic N) is 4. The van der Waals surface area contributed by atoms with E-state index in [4.69, 9.17) is 9.97 Å². The van der Waals surface area contributed by atoms with E-state index in [9.17, 15) is 0 Å². The monoisotopic (exact) mass is 792 g/mol. The fourth-order valence-electron chi connectivity index (χ4n) is 9.16. The molecule has 0 N–H and O–H groups in total. The summed E-state index contributed by atoms with van der Waals surface area (Å²) in [5.74, 6) is 0.611. The molecule has 2 heterocycles. The second-order valence-corrected chi connectivity index (χ2v) is 15.5. The van der Waals surface area contributed by atoms with Crippen LogP contribution in [0.15, 0.2) is 232 Å². The molecule has 4 heteroatoms. The molecule has 9 aromatic carbocycles. The molecule has 0 radical (unpaired) electrons. The fraction of sp³-hybridized carbons (Fsp3) is 0. The lowest BCUT2D eigenvalue weighted by molar-refractivity contribution is 1.01. The predicted molar refractivity (Wildman–Crippen MR) is 263 cm³/mol. The van der Waals surface area contributed by atoms with E-state index in [2.05, 4.69) is 217 Å². The summed E-state index contributed by atoms with van der Waals surface area (Å²) in [6.45, 7) is 8.01. The zero-order chi connectivity index (χ0) is 41.6. The zero-order valence-electron chi connectivity index (χ0n) is 34.0. The Morgan fingerprint density at radius 3 is 1.85 bits per heavy atom. The third kappa shape index (κ3) is 6.16. The van der Waals surface area contributed by atoms with Crippen molar-refractivity contribution in [2.75, 3.05) is 4.90 Å². The number of anilines is 3. The van der Waals surface area contributed by atoms with Gasteiger partial charge in [0.25, 0.3) is 0 Å². The molecule has 62 heavy (non-hydrogen) atoms. The van der Waals surface area contributed by atoms with Crippen molar-refractivity contribution in [3.63, 3.8) is 0 Å². The summed E-state index contributed by atoms with van der Waals surface area (Å²) in [6, 6.07) is 71.2. The number of hydrogen-bond acceptors (Lipinski definition) is 3. The van der Waals surface area contributed by atoms with E-state index in [1.807, 2.05) is 18.2 Å². The van der Waals surface area contributed by atoms with Crippen molar-refractivity contribution in [3.05, 3.63) is 237 Å². The minimum Gasteiger partial charge on any atom is -0.310 e. The Hall–Kier alpha value is -8.34. The van der Waals surface area contributed by atoms with Crippen molar-refractivity contribution in [1.29, 1.82) is 0 Å². The quantitative estimate of drug-likeness (QED) is 0.137. The van der Waals surface area contributed by atoms with E-state index in [1.165, 1.54) is 21.5 Å². The van der Waals surface area contributed by atoms with Gasteiger partial charge in [-0.3, -0.25) is 4.57 Å². The van der Waals surface area contributed by atoms with E-state index in [1.54, 1.807) is 6.08 Å². The molecule has 2 aromatic heterocycles. The standard InChI is InChI=1S/C58H40N4/c1-3-20-39(4-2)40-22-19-23-42(35-40)57-49-31-15-17-33-53(49)59-58(60-57)62-54-34-18-16-32-50(54)56-48-30-14-13-29-47(48)52(38-55(56)62)51-37-45(36-41-21-11-12-28-46(41)51)61(43-24-7-5-8-25-43)44-26-9-6-10-27-44/h3-38H,1-2H2/b39-20+. The molecule has 0 aliphatic rings. The first-order valence-corrected chi connectivity index (χ1v) is 20.9. The van der Waals surface area contributed by atoms with E-state index in [0.29, 0.717) is 5.95 Å². The largest absolute Gasteiger partial charge is 0.310 e. The van der Waals surface area contributed by atoms with Gasteiger partial charge < -0.3 is 4.90 Å². The van der Waals surface area contributed by atoms with Crippen LogP contribution in [0.4, 0.5) is 17.1 Å². The second-order valence-electron chi connectivity index (χ2n) is 15.5. The number of allylic oxidation sites excluding steroid dienone is 4. The van der Waals surface area contributed by atoms with Crippen molar-refractivity contribution in [2.45, 2.75) is 0 Å². The summed E-state index contributed by atoms with van der Waals surface area (Å²) >= 11 is 0. The van der Waals surface area contributed by atoms with Gasteiger partial charge in [0.05, 0.1) is 22.2 Å². The average molecular weight is 793 g/mol. The maximum Gasteiger partial charge on any atom is 0.235 e. The number of benzene rings is 9. The Kier molecular flexibility index (Phi) is 9.10. The van der Waals surface area contributed by atoms with Gasteiger partial charge in [-0.05, 0) is 104 Å². The SMILES string of the molecule is C=C/C=C(\C=C)c1cccc(-c2nc(-n3c4ccccc4c4c5ccccc5c(-c5cc(N(c6ccccc6)c6ccccc6)cc6ccccc56)cc43)nc3ccccc23)c1. The van der Waals surface area contributed by atoms with Gasteiger partial charge in [-0.15, -0.1) is 0 Å². The number of fused-ring (bicyclic) bond motifs is 7. The molecule has 0 unspecified atom stereocenters. The number of rotatable bonds is 9. The third-order valence-corrected chi connectivity index (χ3v) is 11.9. The molecule has 0 spiro atoms. The topological polar surface area (TPSA) is 34.0 Å². The molecule has 0 bridgehead atoms. The first-order valence-electron chi connectivity index (χ1n) is 20.9. The Morgan fingerprint density at radius 2 is 1.11 bits per heavy atom. The maximum absolute atomic E-state index is 5.50. The van der Waals surface area contributed by atoms with Crippen molar-refractivity contribution >= 4 is 76.9 Å². The van der Waals surface area contributed by atoms with Crippen LogP contribution in [0.1, 0.15) is 5.56 Å². The van der Waals surface area contributed by atoms with Gasteiger partial charge in [-0.25, -0.2) is 9.97 Å². The summed E-state index contributed by atoms with van der Waals surface area (Å²) in [4.78, 5) is 13.2. The number of para-hydroxylation sites is 4. The highest BCUT2D eigenvalue weighted by Crippen LogP contribution is 2.46. The molecule has 0 atom stereocenters. The van der Waals surface area contributed by atoms with E-state index >= 15 is 0 Å². The van der Waals surface area contributed by atoms with E-state index in [0.717, 1.165) is 83.3 Å². The van der Waals surface area contributed by atoms with Gasteiger partial charge in [0, 0.05) is 38.8 Å². The molecule has 11 rings (SSSR count). The lowest BCUT2D eigenvalue weighted by atomic mass is 9.91. The molecule has 11 aromatic rings. The second kappa shape index (κ2) is 15.4. The predicted octanol–water partition coefficient (Wildman–Crippen LogP) is 15.6. The maximum atomic E-state index is 5.50. The van der Waals surface area contributed by atoms with Gasteiger partial charge in [-0.2, -0.15) is 0 Å². The molecular formula is C58H40N4. The van der Waals surface area contributed by atoms with Crippen LogP contribution in [0, 0.1) is 0 Å². The highest BCUT2D eigenvalue weighted by molar-refractivity contribution is 6.25. The van der Waals surface area contributed by atoms with E-state index in [-0.39, 0.29) is 0 Å². The van der Waals surface area contributed by atoms with Crippen LogP contribution < -0.4 is 4.90 Å². The Morgan fingerprint density at radius 1 is 0.484 bits per heavy atom. The summed E-state index contributed by atoms with van der Waals surface area (Å²) in [6.07, 6.45) is 5.64. The van der Waals surface area contributed by atoms with Gasteiger partial charge in [0.1, 0.15) is 0 Å². The Labute approximate surface area is 360 Å². The smallest absolute Gasteiger partial charge is 0.235 e. The number of aromatic nitrogens is 3. The summed E-state index contributed by atoms with van der Waals surface area (Å²) in [5.41, 5.74) is 12.4. The van der Waals surface area contributed by atoms with Crippen LogP contribution >= 0.6 is 0 Å². The van der Waals surface area contributed by atoms with Crippen LogP contribution in [0.3, 0.4) is 0 Å². The third-order valence-electron chi connectivity index (χ3n) is 11.9. The number of hydrogen-bond donors (Lipinski definition) is 0. The summed E-state index contributed by atoms with van der Waals surface area (Å²) < 4.78 is 2.26. The van der Waals surface area contributed by atoms with Gasteiger partial charge in [0.15, 0.2) is 0 Å².